The lowest BCUT2D eigenvalue weighted by atomic mass is 9.97. The van der Waals surface area contributed by atoms with Gasteiger partial charge in [-0.2, -0.15) is 0 Å². The second-order valence-corrected chi connectivity index (χ2v) is 8.81. The Hall–Kier alpha value is -2.06. The minimum atomic E-state index is -0.475. The highest BCUT2D eigenvalue weighted by molar-refractivity contribution is 8.00. The first kappa shape index (κ1) is 17.4. The van der Waals surface area contributed by atoms with E-state index in [0.29, 0.717) is 10.9 Å². The topological polar surface area (TPSA) is 91.1 Å². The molecule has 0 radical (unpaired) electrons. The molecule has 3 aromatic heterocycles. The number of hydrogen-bond donors (Lipinski definition) is 1. The average molecular weight is 390 g/mol. The van der Waals surface area contributed by atoms with E-state index in [9.17, 15) is 9.59 Å². The van der Waals surface area contributed by atoms with Gasteiger partial charge in [0.2, 0.25) is 5.91 Å². The number of rotatable bonds is 5. The molecule has 1 atom stereocenters. The van der Waals surface area contributed by atoms with Crippen LogP contribution >= 0.6 is 23.1 Å². The van der Waals surface area contributed by atoms with E-state index in [1.54, 1.807) is 35.2 Å². The first-order valence-electron chi connectivity index (χ1n) is 8.58. The van der Waals surface area contributed by atoms with Crippen LogP contribution in [0.4, 0.5) is 0 Å². The maximum absolute atomic E-state index is 13.3. The molecule has 6 nitrogen and oxygen atoms in total. The Morgan fingerprint density at radius 2 is 2.27 bits per heavy atom. The van der Waals surface area contributed by atoms with Gasteiger partial charge in [0.05, 0.1) is 23.4 Å². The third kappa shape index (κ3) is 3.07. The van der Waals surface area contributed by atoms with Gasteiger partial charge in [-0.3, -0.25) is 14.2 Å². The van der Waals surface area contributed by atoms with E-state index in [-0.39, 0.29) is 12.1 Å². The fourth-order valence-corrected chi connectivity index (χ4v) is 5.38. The molecular weight excluding hydrogens is 370 g/mol. The van der Waals surface area contributed by atoms with Gasteiger partial charge in [0.25, 0.3) is 5.56 Å². The molecule has 26 heavy (non-hydrogen) atoms. The quantitative estimate of drug-likeness (QED) is 0.535. The number of fused-ring (bicyclic) bond motifs is 3. The van der Waals surface area contributed by atoms with Crippen molar-refractivity contribution in [1.29, 1.82) is 0 Å². The number of carbonyl (C=O) groups is 1. The third-order valence-corrected chi connectivity index (χ3v) is 6.91. The molecule has 0 fully saturated rings. The molecule has 0 aliphatic heterocycles. The molecule has 0 saturated heterocycles. The lowest BCUT2D eigenvalue weighted by molar-refractivity contribution is -0.117. The SMILES string of the molecule is C[C@H](Sc1nc2sc3c(c2c(=O)n1Cc1ccco1)CCCC3)C(N)=O. The minimum absolute atomic E-state index is 0.0648. The Kier molecular flexibility index (Phi) is 4.62. The van der Waals surface area contributed by atoms with E-state index in [1.165, 1.54) is 16.6 Å². The normalized spacial score (nSPS) is 15.1. The number of amides is 1. The van der Waals surface area contributed by atoms with E-state index in [0.717, 1.165) is 41.5 Å². The average Bonchev–Trinajstić information content (AvgIpc) is 3.25. The number of thiophene rings is 1. The highest BCUT2D eigenvalue weighted by Crippen LogP contribution is 2.35. The van der Waals surface area contributed by atoms with Crippen molar-refractivity contribution in [3.8, 4) is 0 Å². The number of furan rings is 1. The molecule has 136 valence electrons. The molecule has 3 heterocycles. The summed E-state index contributed by atoms with van der Waals surface area (Å²) in [5, 5.41) is 0.757. The number of aromatic nitrogens is 2. The summed E-state index contributed by atoms with van der Waals surface area (Å²) < 4.78 is 7.02. The molecule has 2 N–H and O–H groups in total. The zero-order valence-electron chi connectivity index (χ0n) is 14.4. The summed E-state index contributed by atoms with van der Waals surface area (Å²) in [5.41, 5.74) is 6.50. The highest BCUT2D eigenvalue weighted by Gasteiger charge is 2.24. The Balaban J connectivity index is 1.89. The Morgan fingerprint density at radius 1 is 1.46 bits per heavy atom. The van der Waals surface area contributed by atoms with Crippen molar-refractivity contribution >= 4 is 39.2 Å². The number of aryl methyl sites for hydroxylation is 2. The van der Waals surface area contributed by atoms with Gasteiger partial charge in [0.15, 0.2) is 5.16 Å². The van der Waals surface area contributed by atoms with Gasteiger partial charge in [-0.05, 0) is 50.3 Å². The summed E-state index contributed by atoms with van der Waals surface area (Å²) in [5.74, 6) is 0.241. The maximum Gasteiger partial charge on any atom is 0.263 e. The van der Waals surface area contributed by atoms with Crippen molar-refractivity contribution in [1.82, 2.24) is 9.55 Å². The third-order valence-electron chi connectivity index (χ3n) is 4.62. The van der Waals surface area contributed by atoms with Crippen molar-refractivity contribution in [3.05, 3.63) is 45.0 Å². The van der Waals surface area contributed by atoms with Crippen LogP contribution in [0.1, 0.15) is 36.0 Å². The molecule has 1 aliphatic rings. The standard InChI is InChI=1S/C18H19N3O3S2/c1-10(15(19)22)25-18-20-16-14(12-6-2-3-7-13(12)26-16)17(23)21(18)9-11-5-4-8-24-11/h4-5,8,10H,2-3,6-7,9H2,1H3,(H2,19,22)/t10-/m0/s1. The van der Waals surface area contributed by atoms with Gasteiger partial charge >= 0.3 is 0 Å². The van der Waals surface area contributed by atoms with Gasteiger partial charge < -0.3 is 10.2 Å². The number of thioether (sulfide) groups is 1. The van der Waals surface area contributed by atoms with Crippen LogP contribution in [0.5, 0.6) is 0 Å². The predicted molar refractivity (Wildman–Crippen MR) is 103 cm³/mol. The summed E-state index contributed by atoms with van der Waals surface area (Å²) in [7, 11) is 0. The van der Waals surface area contributed by atoms with E-state index in [4.69, 9.17) is 15.1 Å². The van der Waals surface area contributed by atoms with Crippen molar-refractivity contribution in [3.63, 3.8) is 0 Å². The molecular formula is C18H19N3O3S2. The smallest absolute Gasteiger partial charge is 0.263 e. The Bertz CT molecular complexity index is 1020. The summed E-state index contributed by atoms with van der Waals surface area (Å²) in [4.78, 5) is 31.6. The van der Waals surface area contributed by atoms with Crippen LogP contribution in [-0.4, -0.2) is 20.7 Å². The molecule has 8 heteroatoms. The van der Waals surface area contributed by atoms with E-state index in [2.05, 4.69) is 0 Å². The molecule has 0 spiro atoms. The Morgan fingerprint density at radius 3 is 3.00 bits per heavy atom. The number of nitrogens with zero attached hydrogens (tertiary/aromatic N) is 2. The summed E-state index contributed by atoms with van der Waals surface area (Å²) >= 11 is 2.82. The first-order valence-corrected chi connectivity index (χ1v) is 10.3. The zero-order valence-corrected chi connectivity index (χ0v) is 16.0. The number of primary amides is 1. The van der Waals surface area contributed by atoms with Gasteiger partial charge in [-0.25, -0.2) is 4.98 Å². The van der Waals surface area contributed by atoms with Crippen LogP contribution in [0, 0.1) is 0 Å². The highest BCUT2D eigenvalue weighted by atomic mass is 32.2. The maximum atomic E-state index is 13.3. The summed E-state index contributed by atoms with van der Waals surface area (Å²) in [6.07, 6.45) is 5.77. The van der Waals surface area contributed by atoms with E-state index in [1.807, 2.05) is 6.07 Å². The minimum Gasteiger partial charge on any atom is -0.467 e. The van der Waals surface area contributed by atoms with Crippen molar-refractivity contribution < 1.29 is 9.21 Å². The number of nitrogens with two attached hydrogens (primary N) is 1. The van der Waals surface area contributed by atoms with Gasteiger partial charge in [-0.1, -0.05) is 11.8 Å². The van der Waals surface area contributed by atoms with Crippen LogP contribution in [0.25, 0.3) is 10.2 Å². The van der Waals surface area contributed by atoms with Crippen molar-refractivity contribution in [2.75, 3.05) is 0 Å². The fraction of sp³-hybridized carbons (Fsp3) is 0.389. The Labute approximate surface area is 158 Å². The molecule has 3 aromatic rings. The lowest BCUT2D eigenvalue weighted by Crippen LogP contribution is -2.27. The van der Waals surface area contributed by atoms with Crippen LogP contribution in [-0.2, 0) is 24.2 Å². The molecule has 0 saturated carbocycles. The second kappa shape index (κ2) is 6.92. The van der Waals surface area contributed by atoms with Crippen LogP contribution < -0.4 is 11.3 Å². The fourth-order valence-electron chi connectivity index (χ4n) is 3.22. The van der Waals surface area contributed by atoms with Gasteiger partial charge in [-0.15, -0.1) is 11.3 Å². The summed E-state index contributed by atoms with van der Waals surface area (Å²) in [6.45, 7) is 2.01. The first-order chi connectivity index (χ1) is 12.5. The number of carbonyl (C=O) groups excluding carboxylic acids is 1. The molecule has 1 amide bonds. The van der Waals surface area contributed by atoms with E-state index >= 15 is 0 Å². The molecule has 1 aliphatic carbocycles. The van der Waals surface area contributed by atoms with Crippen LogP contribution in [0.3, 0.4) is 0 Å². The monoisotopic (exact) mass is 389 g/mol. The lowest BCUT2D eigenvalue weighted by Gasteiger charge is -2.14. The number of hydrogen-bond acceptors (Lipinski definition) is 6. The largest absolute Gasteiger partial charge is 0.467 e. The molecule has 0 aromatic carbocycles. The summed E-state index contributed by atoms with van der Waals surface area (Å²) in [6, 6.07) is 3.61. The van der Waals surface area contributed by atoms with E-state index < -0.39 is 11.2 Å². The van der Waals surface area contributed by atoms with Gasteiger partial charge in [0, 0.05) is 4.88 Å². The van der Waals surface area contributed by atoms with Crippen LogP contribution in [0.2, 0.25) is 0 Å². The second-order valence-electron chi connectivity index (χ2n) is 6.42. The predicted octanol–water partition coefficient (Wildman–Crippen LogP) is 2.94. The van der Waals surface area contributed by atoms with Gasteiger partial charge in [0.1, 0.15) is 10.6 Å². The molecule has 4 rings (SSSR count). The van der Waals surface area contributed by atoms with Crippen molar-refractivity contribution in [2.45, 2.75) is 49.6 Å². The van der Waals surface area contributed by atoms with Crippen molar-refractivity contribution in [2.24, 2.45) is 5.73 Å². The molecule has 0 unspecified atom stereocenters. The van der Waals surface area contributed by atoms with Crippen LogP contribution in [0.15, 0.2) is 32.8 Å². The zero-order chi connectivity index (χ0) is 18.3. The molecule has 0 bridgehead atoms.